The van der Waals surface area contributed by atoms with Crippen molar-refractivity contribution in [1.29, 1.82) is 0 Å². The highest BCUT2D eigenvalue weighted by Gasteiger charge is 2.17. The molecule has 0 radical (unpaired) electrons. The van der Waals surface area contributed by atoms with E-state index in [-0.39, 0.29) is 0 Å². The molecule has 4 aromatic carbocycles. The Bertz CT molecular complexity index is 2190. The first-order chi connectivity index (χ1) is 22.7. The Morgan fingerprint density at radius 3 is 2.17 bits per heavy atom. The second-order valence-electron chi connectivity index (χ2n) is 13.7. The molecule has 0 unspecified atom stereocenters. The Morgan fingerprint density at radius 1 is 0.681 bits per heavy atom. The number of para-hydroxylation sites is 1. The molecule has 3 heterocycles. The average Bonchev–Trinajstić information content (AvgIpc) is 3.63. The van der Waals surface area contributed by atoms with Gasteiger partial charge in [-0.05, 0) is 109 Å². The number of hydrogen-bond donors (Lipinski definition) is 0. The van der Waals surface area contributed by atoms with E-state index in [1.807, 2.05) is 23.1 Å². The van der Waals surface area contributed by atoms with Crippen molar-refractivity contribution >= 4 is 21.8 Å². The molecule has 0 saturated heterocycles. The van der Waals surface area contributed by atoms with Gasteiger partial charge in [0.05, 0.1) is 22.9 Å². The third-order valence-corrected chi connectivity index (χ3v) is 8.68. The molecule has 236 valence electrons. The van der Waals surface area contributed by atoms with E-state index in [0.717, 1.165) is 58.0 Å². The van der Waals surface area contributed by atoms with Crippen molar-refractivity contribution < 1.29 is 4.74 Å². The Kier molecular flexibility index (Phi) is 8.15. The molecule has 5 nitrogen and oxygen atoms in total. The van der Waals surface area contributed by atoms with Gasteiger partial charge < -0.3 is 4.74 Å². The average molecular weight is 619 g/mol. The van der Waals surface area contributed by atoms with Crippen LogP contribution in [0.3, 0.4) is 0 Å². The summed E-state index contributed by atoms with van der Waals surface area (Å²) < 4.78 is 10.8. The summed E-state index contributed by atoms with van der Waals surface area (Å²) in [6.45, 7) is 13.3. The summed E-state index contributed by atoms with van der Waals surface area (Å²) >= 11 is 0. The maximum absolute atomic E-state index is 6.58. The zero-order valence-electron chi connectivity index (χ0n) is 28.2. The summed E-state index contributed by atoms with van der Waals surface area (Å²) in [5.74, 6) is 3.58. The van der Waals surface area contributed by atoms with Crippen molar-refractivity contribution in [2.24, 2.45) is 11.8 Å². The summed E-state index contributed by atoms with van der Waals surface area (Å²) in [4.78, 5) is 4.73. The van der Waals surface area contributed by atoms with Crippen molar-refractivity contribution in [3.63, 3.8) is 0 Å². The molecule has 47 heavy (non-hydrogen) atoms. The van der Waals surface area contributed by atoms with Gasteiger partial charge in [-0.1, -0.05) is 64.1 Å². The molecule has 0 aliphatic rings. The predicted molar refractivity (Wildman–Crippen MR) is 194 cm³/mol. The van der Waals surface area contributed by atoms with Gasteiger partial charge in [-0.3, -0.25) is 4.57 Å². The van der Waals surface area contributed by atoms with Gasteiger partial charge in [-0.25, -0.2) is 9.67 Å². The topological polar surface area (TPSA) is 44.9 Å². The maximum atomic E-state index is 6.58. The van der Waals surface area contributed by atoms with Gasteiger partial charge >= 0.3 is 0 Å². The lowest BCUT2D eigenvalue weighted by atomic mass is 9.88. The van der Waals surface area contributed by atoms with Crippen LogP contribution in [0.25, 0.3) is 44.4 Å². The minimum absolute atomic E-state index is 0.572. The highest BCUT2D eigenvalue weighted by Crippen LogP contribution is 2.36. The summed E-state index contributed by atoms with van der Waals surface area (Å²) in [5, 5.41) is 7.22. The number of aromatic nitrogens is 4. The Labute approximate surface area is 277 Å². The fraction of sp³-hybridized carbons (Fsp3) is 0.238. The largest absolute Gasteiger partial charge is 0.457 e. The molecule has 0 amide bonds. The first-order valence-corrected chi connectivity index (χ1v) is 16.7. The highest BCUT2D eigenvalue weighted by atomic mass is 16.5. The molecule has 7 rings (SSSR count). The number of hydrogen-bond acceptors (Lipinski definition) is 3. The van der Waals surface area contributed by atoms with Crippen LogP contribution < -0.4 is 4.74 Å². The molecule has 0 aliphatic heterocycles. The monoisotopic (exact) mass is 618 g/mol. The van der Waals surface area contributed by atoms with Crippen LogP contribution >= 0.6 is 0 Å². The molecule has 0 aliphatic carbocycles. The quantitative estimate of drug-likeness (QED) is 0.162. The van der Waals surface area contributed by atoms with Crippen LogP contribution in [0.1, 0.15) is 49.9 Å². The summed E-state index contributed by atoms with van der Waals surface area (Å²) in [6, 6.07) is 32.0. The van der Waals surface area contributed by atoms with Gasteiger partial charge in [0.15, 0.2) is 0 Å². The fourth-order valence-corrected chi connectivity index (χ4v) is 6.80. The first kappa shape index (κ1) is 30.5. The zero-order chi connectivity index (χ0) is 32.7. The third-order valence-electron chi connectivity index (χ3n) is 8.68. The van der Waals surface area contributed by atoms with E-state index in [2.05, 4.69) is 137 Å². The Morgan fingerprint density at radius 2 is 1.43 bits per heavy atom. The molecule has 0 saturated carbocycles. The highest BCUT2D eigenvalue weighted by molar-refractivity contribution is 6.09. The van der Waals surface area contributed by atoms with Crippen molar-refractivity contribution in [2.75, 3.05) is 0 Å². The van der Waals surface area contributed by atoms with Gasteiger partial charge in [-0.15, -0.1) is 0 Å². The zero-order valence-corrected chi connectivity index (χ0v) is 28.2. The number of ether oxygens (including phenoxy) is 1. The van der Waals surface area contributed by atoms with E-state index in [4.69, 9.17) is 14.8 Å². The third kappa shape index (κ3) is 6.18. The lowest BCUT2D eigenvalue weighted by Gasteiger charge is -2.17. The predicted octanol–water partition coefficient (Wildman–Crippen LogP) is 10.8. The van der Waals surface area contributed by atoms with Gasteiger partial charge in [0.25, 0.3) is 0 Å². The normalized spacial score (nSPS) is 11.7. The molecule has 5 heteroatoms. The minimum atomic E-state index is 0.572. The van der Waals surface area contributed by atoms with E-state index in [1.54, 1.807) is 0 Å². The summed E-state index contributed by atoms with van der Waals surface area (Å²) in [7, 11) is 0. The van der Waals surface area contributed by atoms with Crippen LogP contribution in [0.2, 0.25) is 0 Å². The van der Waals surface area contributed by atoms with Crippen LogP contribution in [0.4, 0.5) is 0 Å². The molecule has 0 bridgehead atoms. The Balaban J connectivity index is 1.25. The molecule has 0 atom stereocenters. The number of fused-ring (bicyclic) bond motifs is 3. The molecular weight excluding hydrogens is 576 g/mol. The van der Waals surface area contributed by atoms with Crippen LogP contribution in [0, 0.1) is 25.7 Å². The fourth-order valence-electron chi connectivity index (χ4n) is 6.80. The van der Waals surface area contributed by atoms with Gasteiger partial charge in [0.1, 0.15) is 17.3 Å². The second-order valence-corrected chi connectivity index (χ2v) is 13.7. The number of benzene rings is 4. The molecule has 7 aromatic rings. The smallest absolute Gasteiger partial charge is 0.137 e. The summed E-state index contributed by atoms with van der Waals surface area (Å²) in [5.41, 5.74) is 10.7. The Hall–Kier alpha value is -5.16. The van der Waals surface area contributed by atoms with Crippen LogP contribution in [0.15, 0.2) is 110 Å². The standard InChI is InChI=1S/C42H42N4O/c1-27(2)18-31-10-9-11-32(19-28(3)4)42(31)33-25-44-45(26-33)34-20-30(6)21-36(23-34)47-35-14-15-38-37-12-7-8-13-39(37)46(40(38)24-35)41-22-29(5)16-17-43-41/h7-17,20-28H,18-19H2,1-6H3. The van der Waals surface area contributed by atoms with Crippen molar-refractivity contribution in [2.45, 2.75) is 54.4 Å². The van der Waals surface area contributed by atoms with Crippen molar-refractivity contribution in [3.8, 4) is 34.1 Å². The van der Waals surface area contributed by atoms with Gasteiger partial charge in [0, 0.05) is 40.9 Å². The van der Waals surface area contributed by atoms with E-state index in [0.29, 0.717) is 11.8 Å². The lowest BCUT2D eigenvalue weighted by molar-refractivity contribution is 0.482. The number of nitrogens with zero attached hydrogens (tertiary/aromatic N) is 4. The number of aryl methyl sites for hydroxylation is 2. The maximum Gasteiger partial charge on any atom is 0.137 e. The SMILES string of the molecule is Cc1cc(Oc2ccc3c4ccccc4n(-c4cc(C)ccn4)c3c2)cc(-n2cc(-c3c(CC(C)C)cccc3CC(C)C)cn2)c1. The van der Waals surface area contributed by atoms with E-state index < -0.39 is 0 Å². The summed E-state index contributed by atoms with van der Waals surface area (Å²) in [6.07, 6.45) is 8.13. The van der Waals surface area contributed by atoms with Crippen LogP contribution in [-0.2, 0) is 12.8 Å². The van der Waals surface area contributed by atoms with Crippen LogP contribution in [-0.4, -0.2) is 19.3 Å². The minimum Gasteiger partial charge on any atom is -0.457 e. The lowest BCUT2D eigenvalue weighted by Crippen LogP contribution is -2.03. The van der Waals surface area contributed by atoms with Crippen molar-refractivity contribution in [3.05, 3.63) is 132 Å². The number of rotatable bonds is 9. The van der Waals surface area contributed by atoms with E-state index in [9.17, 15) is 0 Å². The van der Waals surface area contributed by atoms with Crippen molar-refractivity contribution in [1.82, 2.24) is 19.3 Å². The molecular formula is C42H42N4O. The van der Waals surface area contributed by atoms with Crippen LogP contribution in [0.5, 0.6) is 11.5 Å². The first-order valence-electron chi connectivity index (χ1n) is 16.7. The van der Waals surface area contributed by atoms with E-state index in [1.165, 1.54) is 33.0 Å². The van der Waals surface area contributed by atoms with E-state index >= 15 is 0 Å². The van der Waals surface area contributed by atoms with Gasteiger partial charge in [0.2, 0.25) is 0 Å². The second kappa shape index (κ2) is 12.6. The molecule has 0 spiro atoms. The number of pyridine rings is 1. The molecule has 3 aromatic heterocycles. The molecule has 0 N–H and O–H groups in total. The van der Waals surface area contributed by atoms with Gasteiger partial charge in [-0.2, -0.15) is 5.10 Å². The molecule has 0 fully saturated rings.